The molecule has 0 saturated heterocycles. The Morgan fingerprint density at radius 3 is 1.88 bits per heavy atom. The molecule has 3 atom stereocenters. The first-order chi connectivity index (χ1) is 19.5. The third-order valence-corrected chi connectivity index (χ3v) is 7.25. The van der Waals surface area contributed by atoms with E-state index in [2.05, 4.69) is 26.0 Å². The Kier molecular flexibility index (Phi) is 16.0. The standard InChI is InChI=1S/C23H28N4O12S2/c28-11-24-14-3-1-13(2-4-14)7-18(30)25-15(8-19(31)32)21(35)26-16(9-20(33)34)22(36)27-17(23(37)38)10-41-40-6-5-39-12-29/h1-4,11-12,15-17H,5-10H2,(H,24,28)(H,25,30)(H,26,35)(H,27,36)(H,31,32)(H,33,34)(H,37,38)/t15-,16-,17-/m0/s1. The van der Waals surface area contributed by atoms with Crippen LogP contribution >= 0.6 is 21.6 Å². The van der Waals surface area contributed by atoms with Crippen LogP contribution in [0.4, 0.5) is 5.69 Å². The molecule has 0 aromatic heterocycles. The second-order valence-electron chi connectivity index (χ2n) is 7.99. The molecular weight excluding hydrogens is 588 g/mol. The molecule has 1 aromatic carbocycles. The average Bonchev–Trinajstić information content (AvgIpc) is 2.89. The number of nitrogens with one attached hydrogen (secondary N) is 4. The van der Waals surface area contributed by atoms with Gasteiger partial charge in [-0.05, 0) is 17.7 Å². The lowest BCUT2D eigenvalue weighted by molar-refractivity contribution is -0.144. The predicted octanol–water partition coefficient (Wildman–Crippen LogP) is -1.16. The summed E-state index contributed by atoms with van der Waals surface area (Å²) in [6.45, 7) is 0.334. The van der Waals surface area contributed by atoms with E-state index in [9.17, 15) is 53.7 Å². The monoisotopic (exact) mass is 616 g/mol. The van der Waals surface area contributed by atoms with Crippen molar-refractivity contribution < 1.29 is 58.4 Å². The van der Waals surface area contributed by atoms with Gasteiger partial charge in [0.25, 0.3) is 6.47 Å². The van der Waals surface area contributed by atoms with Crippen LogP contribution in [-0.2, 0) is 49.5 Å². The minimum atomic E-state index is -1.80. The zero-order valence-corrected chi connectivity index (χ0v) is 22.9. The molecule has 0 heterocycles. The molecule has 0 fully saturated rings. The van der Waals surface area contributed by atoms with Gasteiger partial charge >= 0.3 is 17.9 Å². The van der Waals surface area contributed by atoms with E-state index in [1.807, 2.05) is 0 Å². The number of aliphatic carboxylic acids is 3. The molecular formula is C23H28N4O12S2. The van der Waals surface area contributed by atoms with E-state index in [1.54, 1.807) is 0 Å². The molecule has 0 spiro atoms. The lowest BCUT2D eigenvalue weighted by Gasteiger charge is -2.23. The lowest BCUT2D eigenvalue weighted by Crippen LogP contribution is -2.57. The number of carbonyl (C=O) groups is 8. The number of rotatable bonds is 21. The quantitative estimate of drug-likeness (QED) is 0.0489. The van der Waals surface area contributed by atoms with Gasteiger partial charge < -0.3 is 41.3 Å². The summed E-state index contributed by atoms with van der Waals surface area (Å²) < 4.78 is 4.49. The maximum absolute atomic E-state index is 12.8. The van der Waals surface area contributed by atoms with Crippen LogP contribution in [0.5, 0.6) is 0 Å². The van der Waals surface area contributed by atoms with Gasteiger partial charge in [0.2, 0.25) is 24.1 Å². The van der Waals surface area contributed by atoms with Crippen molar-refractivity contribution >= 4 is 75.8 Å². The second-order valence-corrected chi connectivity index (χ2v) is 10.6. The number of hydrogen-bond acceptors (Lipinski definition) is 11. The molecule has 0 aliphatic carbocycles. The summed E-state index contributed by atoms with van der Waals surface area (Å²) in [5, 5.41) is 36.7. The normalized spacial score (nSPS) is 12.5. The van der Waals surface area contributed by atoms with E-state index in [-0.39, 0.29) is 25.3 Å². The third kappa shape index (κ3) is 14.6. The van der Waals surface area contributed by atoms with E-state index in [0.29, 0.717) is 23.4 Å². The first-order valence-electron chi connectivity index (χ1n) is 11.6. The predicted molar refractivity (Wildman–Crippen MR) is 145 cm³/mol. The summed E-state index contributed by atoms with van der Waals surface area (Å²) in [4.78, 5) is 92.9. The van der Waals surface area contributed by atoms with Gasteiger partial charge in [0.15, 0.2) is 0 Å². The van der Waals surface area contributed by atoms with Crippen LogP contribution in [0.3, 0.4) is 0 Å². The molecule has 41 heavy (non-hydrogen) atoms. The third-order valence-electron chi connectivity index (χ3n) is 4.87. The first kappa shape index (κ1) is 34.7. The lowest BCUT2D eigenvalue weighted by atomic mass is 10.1. The number of amides is 4. The Bertz CT molecular complexity index is 1100. The van der Waals surface area contributed by atoms with Crippen molar-refractivity contribution in [1.82, 2.24) is 16.0 Å². The minimum Gasteiger partial charge on any atom is -0.481 e. The fourth-order valence-electron chi connectivity index (χ4n) is 3.01. The Morgan fingerprint density at radius 2 is 1.37 bits per heavy atom. The number of anilines is 1. The van der Waals surface area contributed by atoms with Crippen LogP contribution in [0.2, 0.25) is 0 Å². The van der Waals surface area contributed by atoms with Crippen LogP contribution in [0.15, 0.2) is 24.3 Å². The number of carbonyl (C=O) groups excluding carboxylic acids is 5. The Hall–Kier alpha value is -4.32. The molecule has 0 aliphatic rings. The van der Waals surface area contributed by atoms with Crippen molar-refractivity contribution in [2.24, 2.45) is 0 Å². The highest BCUT2D eigenvalue weighted by Gasteiger charge is 2.32. The minimum absolute atomic E-state index is 0.0805. The number of ether oxygens (including phenoxy) is 1. The summed E-state index contributed by atoms with van der Waals surface area (Å²) in [5.74, 6) is -7.38. The zero-order valence-electron chi connectivity index (χ0n) is 21.3. The van der Waals surface area contributed by atoms with Crippen LogP contribution < -0.4 is 21.3 Å². The zero-order chi connectivity index (χ0) is 30.8. The summed E-state index contributed by atoms with van der Waals surface area (Å²) in [7, 11) is 2.19. The summed E-state index contributed by atoms with van der Waals surface area (Å²) in [5.41, 5.74) is 0.922. The Balaban J connectivity index is 2.89. The highest BCUT2D eigenvalue weighted by atomic mass is 33.1. The van der Waals surface area contributed by atoms with Gasteiger partial charge in [-0.3, -0.25) is 33.6 Å². The number of benzene rings is 1. The van der Waals surface area contributed by atoms with Gasteiger partial charge in [-0.15, -0.1) is 0 Å². The van der Waals surface area contributed by atoms with Gasteiger partial charge in [0.1, 0.15) is 24.7 Å². The number of carboxylic acid groups (broad SMARTS) is 3. The summed E-state index contributed by atoms with van der Waals surface area (Å²) in [6.07, 6.45) is -1.68. The fraction of sp³-hybridized carbons (Fsp3) is 0.391. The Labute approximate surface area is 240 Å². The molecule has 0 bridgehead atoms. The van der Waals surface area contributed by atoms with Crippen molar-refractivity contribution in [3.63, 3.8) is 0 Å². The number of carboxylic acids is 3. The smallest absolute Gasteiger partial charge is 0.327 e. The van der Waals surface area contributed by atoms with Crippen molar-refractivity contribution in [1.29, 1.82) is 0 Å². The Morgan fingerprint density at radius 1 is 0.805 bits per heavy atom. The second kappa shape index (κ2) is 18.9. The molecule has 0 aliphatic heterocycles. The maximum Gasteiger partial charge on any atom is 0.327 e. The fourth-order valence-corrected chi connectivity index (χ4v) is 5.00. The molecule has 4 amide bonds. The average molecular weight is 617 g/mol. The molecule has 0 radical (unpaired) electrons. The van der Waals surface area contributed by atoms with E-state index >= 15 is 0 Å². The van der Waals surface area contributed by atoms with Crippen LogP contribution in [-0.4, -0.2) is 100 Å². The van der Waals surface area contributed by atoms with Crippen LogP contribution in [0.25, 0.3) is 0 Å². The van der Waals surface area contributed by atoms with Crippen molar-refractivity contribution in [3.8, 4) is 0 Å². The molecule has 18 heteroatoms. The van der Waals surface area contributed by atoms with E-state index in [4.69, 9.17) is 0 Å². The van der Waals surface area contributed by atoms with Gasteiger partial charge in [-0.25, -0.2) is 4.79 Å². The molecule has 224 valence electrons. The van der Waals surface area contributed by atoms with Gasteiger partial charge in [0, 0.05) is 17.2 Å². The molecule has 0 unspecified atom stereocenters. The topological polar surface area (TPSA) is 255 Å². The van der Waals surface area contributed by atoms with E-state index in [1.165, 1.54) is 24.3 Å². The number of hydrogen-bond donors (Lipinski definition) is 7. The van der Waals surface area contributed by atoms with Gasteiger partial charge in [-0.1, -0.05) is 33.7 Å². The van der Waals surface area contributed by atoms with Crippen molar-refractivity contribution in [3.05, 3.63) is 29.8 Å². The molecule has 16 nitrogen and oxygen atoms in total. The van der Waals surface area contributed by atoms with E-state index < -0.39 is 66.6 Å². The largest absolute Gasteiger partial charge is 0.481 e. The van der Waals surface area contributed by atoms with Crippen molar-refractivity contribution in [2.45, 2.75) is 37.4 Å². The molecule has 1 rings (SSSR count). The summed E-state index contributed by atoms with van der Waals surface area (Å²) >= 11 is 0. The van der Waals surface area contributed by atoms with Crippen LogP contribution in [0, 0.1) is 0 Å². The molecule has 1 aromatic rings. The van der Waals surface area contributed by atoms with Crippen LogP contribution in [0.1, 0.15) is 18.4 Å². The van der Waals surface area contributed by atoms with Gasteiger partial charge in [0.05, 0.1) is 19.3 Å². The SMILES string of the molecule is O=CNc1ccc(CC(=O)N[C@@H](CC(=O)O)C(=O)N[C@@H](CC(=O)O)C(=O)N[C@@H](CSSCCOC=O)C(=O)O)cc1. The van der Waals surface area contributed by atoms with E-state index in [0.717, 1.165) is 21.6 Å². The van der Waals surface area contributed by atoms with Gasteiger partial charge in [-0.2, -0.15) is 0 Å². The molecule has 7 N–H and O–H groups in total. The first-order valence-corrected chi connectivity index (χ1v) is 14.1. The highest BCUT2D eigenvalue weighted by Crippen LogP contribution is 2.21. The highest BCUT2D eigenvalue weighted by molar-refractivity contribution is 8.76. The molecule has 0 saturated carbocycles. The summed E-state index contributed by atoms with van der Waals surface area (Å²) in [6, 6.07) is 1.07. The maximum atomic E-state index is 12.8. The van der Waals surface area contributed by atoms with Crippen molar-refractivity contribution in [2.75, 3.05) is 23.4 Å².